The first kappa shape index (κ1) is 14.1. The lowest BCUT2D eigenvalue weighted by Gasteiger charge is -2.10. The van der Waals surface area contributed by atoms with Gasteiger partial charge in [0.25, 0.3) is 0 Å². The summed E-state index contributed by atoms with van der Waals surface area (Å²) in [6, 6.07) is 0. The van der Waals surface area contributed by atoms with Crippen molar-refractivity contribution in [2.45, 2.75) is 13.2 Å². The molecule has 0 saturated carbocycles. The van der Waals surface area contributed by atoms with Crippen molar-refractivity contribution in [1.82, 2.24) is 0 Å². The molecule has 0 aromatic carbocycles. The van der Waals surface area contributed by atoms with E-state index in [0.717, 1.165) is 6.08 Å². The van der Waals surface area contributed by atoms with Crippen LogP contribution in [0, 0.1) is 0 Å². The van der Waals surface area contributed by atoms with Gasteiger partial charge in [-0.15, -0.1) is 0 Å². The summed E-state index contributed by atoms with van der Waals surface area (Å²) in [7, 11) is 1.57. The Kier molecular flexibility index (Phi) is 9.05. The highest BCUT2D eigenvalue weighted by Crippen LogP contribution is 1.90. The van der Waals surface area contributed by atoms with Gasteiger partial charge in [-0.3, -0.25) is 0 Å². The molecule has 1 atom stereocenters. The minimum atomic E-state index is -0.442. The first-order chi connectivity index (χ1) is 7.20. The summed E-state index contributed by atoms with van der Waals surface area (Å²) in [6.07, 6.45) is 0.885. The van der Waals surface area contributed by atoms with Gasteiger partial charge in [0, 0.05) is 13.2 Å². The fourth-order valence-corrected chi connectivity index (χ4v) is 0.703. The summed E-state index contributed by atoms with van der Waals surface area (Å²) < 4.78 is 19.9. The van der Waals surface area contributed by atoms with Crippen LogP contribution in [0.3, 0.4) is 0 Å². The van der Waals surface area contributed by atoms with Crippen molar-refractivity contribution >= 4 is 5.97 Å². The van der Waals surface area contributed by atoms with Gasteiger partial charge >= 0.3 is 5.97 Å². The summed E-state index contributed by atoms with van der Waals surface area (Å²) in [5, 5.41) is 0. The van der Waals surface area contributed by atoms with Gasteiger partial charge in [-0.2, -0.15) is 0 Å². The topological polar surface area (TPSA) is 54.0 Å². The predicted octanol–water partition coefficient (Wildman–Crippen LogP) is 0.741. The van der Waals surface area contributed by atoms with Gasteiger partial charge in [0.05, 0.1) is 19.8 Å². The standard InChI is InChI=1S/C10H18O5/c1-4-10(11)15-8-6-13-5-7-14-9(2)12-3/h4,9H,1,5-8H2,2-3H3. The molecule has 0 amide bonds. The van der Waals surface area contributed by atoms with E-state index in [1.54, 1.807) is 14.0 Å². The molecule has 0 heterocycles. The number of carbonyl (C=O) groups excluding carboxylic acids is 1. The molecule has 0 fully saturated rings. The van der Waals surface area contributed by atoms with E-state index < -0.39 is 5.97 Å². The monoisotopic (exact) mass is 218 g/mol. The highest BCUT2D eigenvalue weighted by molar-refractivity contribution is 5.81. The van der Waals surface area contributed by atoms with E-state index in [1.165, 1.54) is 0 Å². The Balaban J connectivity index is 3.11. The molecule has 5 heteroatoms. The lowest BCUT2D eigenvalue weighted by Crippen LogP contribution is -2.16. The van der Waals surface area contributed by atoms with Crippen LogP contribution in [0.2, 0.25) is 0 Å². The summed E-state index contributed by atoms with van der Waals surface area (Å²) >= 11 is 0. The van der Waals surface area contributed by atoms with Gasteiger partial charge < -0.3 is 18.9 Å². The van der Waals surface area contributed by atoms with Crippen molar-refractivity contribution in [3.63, 3.8) is 0 Å². The SMILES string of the molecule is C=CC(=O)OCCOCCOC(C)OC. The van der Waals surface area contributed by atoms with E-state index in [0.29, 0.717) is 19.8 Å². The number of carbonyl (C=O) groups is 1. The molecule has 1 unspecified atom stereocenters. The second kappa shape index (κ2) is 9.64. The molecular weight excluding hydrogens is 200 g/mol. The minimum Gasteiger partial charge on any atom is -0.460 e. The van der Waals surface area contributed by atoms with Crippen molar-refractivity contribution in [2.24, 2.45) is 0 Å². The number of rotatable bonds is 9. The van der Waals surface area contributed by atoms with E-state index in [4.69, 9.17) is 18.9 Å². The van der Waals surface area contributed by atoms with Gasteiger partial charge in [-0.1, -0.05) is 6.58 Å². The number of hydrogen-bond acceptors (Lipinski definition) is 5. The van der Waals surface area contributed by atoms with Crippen LogP contribution in [0.5, 0.6) is 0 Å². The summed E-state index contributed by atoms with van der Waals surface area (Å²) in [5.74, 6) is -0.442. The molecule has 0 aromatic heterocycles. The Morgan fingerprint density at radius 1 is 1.33 bits per heavy atom. The van der Waals surface area contributed by atoms with Crippen molar-refractivity contribution in [2.75, 3.05) is 33.5 Å². The van der Waals surface area contributed by atoms with Gasteiger partial charge in [-0.25, -0.2) is 4.79 Å². The van der Waals surface area contributed by atoms with Crippen LogP contribution < -0.4 is 0 Å². The van der Waals surface area contributed by atoms with Gasteiger partial charge in [-0.05, 0) is 6.92 Å². The largest absolute Gasteiger partial charge is 0.460 e. The summed E-state index contributed by atoms with van der Waals surface area (Å²) in [6.45, 7) is 6.54. The van der Waals surface area contributed by atoms with E-state index in [-0.39, 0.29) is 12.9 Å². The molecule has 0 rings (SSSR count). The Bertz CT molecular complexity index is 181. The number of methoxy groups -OCH3 is 1. The highest BCUT2D eigenvalue weighted by Gasteiger charge is 1.98. The summed E-state index contributed by atoms with van der Waals surface area (Å²) in [4.78, 5) is 10.6. The zero-order valence-electron chi connectivity index (χ0n) is 9.23. The van der Waals surface area contributed by atoms with Crippen LogP contribution in [0.15, 0.2) is 12.7 Å². The fourth-order valence-electron chi connectivity index (χ4n) is 0.703. The van der Waals surface area contributed by atoms with Gasteiger partial charge in [0.2, 0.25) is 0 Å². The molecule has 0 radical (unpaired) electrons. The van der Waals surface area contributed by atoms with E-state index in [1.807, 2.05) is 0 Å². The third-order valence-electron chi connectivity index (χ3n) is 1.55. The molecule has 0 aliphatic carbocycles. The normalized spacial score (nSPS) is 12.1. The maximum Gasteiger partial charge on any atom is 0.330 e. The van der Waals surface area contributed by atoms with Crippen LogP contribution in [0.1, 0.15) is 6.92 Å². The molecule has 0 saturated heterocycles. The quantitative estimate of drug-likeness (QED) is 0.247. The molecule has 5 nitrogen and oxygen atoms in total. The molecule has 15 heavy (non-hydrogen) atoms. The van der Waals surface area contributed by atoms with Gasteiger partial charge in [0.15, 0.2) is 6.29 Å². The van der Waals surface area contributed by atoms with Crippen LogP contribution in [0.4, 0.5) is 0 Å². The molecule has 0 aliphatic heterocycles. The first-order valence-corrected chi connectivity index (χ1v) is 4.72. The van der Waals surface area contributed by atoms with Gasteiger partial charge in [0.1, 0.15) is 6.61 Å². The zero-order valence-corrected chi connectivity index (χ0v) is 9.23. The smallest absolute Gasteiger partial charge is 0.330 e. The molecule has 0 aliphatic rings. The second-order valence-electron chi connectivity index (χ2n) is 2.66. The average molecular weight is 218 g/mol. The minimum absolute atomic E-state index is 0.227. The Morgan fingerprint density at radius 2 is 2.00 bits per heavy atom. The van der Waals surface area contributed by atoms with Crippen LogP contribution >= 0.6 is 0 Å². The third-order valence-corrected chi connectivity index (χ3v) is 1.55. The zero-order chi connectivity index (χ0) is 11.5. The average Bonchev–Trinajstić information content (AvgIpc) is 2.26. The lowest BCUT2D eigenvalue weighted by atomic mass is 10.6. The number of ether oxygens (including phenoxy) is 4. The third kappa shape index (κ3) is 9.40. The van der Waals surface area contributed by atoms with E-state index in [2.05, 4.69) is 6.58 Å². The van der Waals surface area contributed by atoms with Crippen molar-refractivity contribution < 1.29 is 23.7 Å². The predicted molar refractivity (Wildman–Crippen MR) is 54.4 cm³/mol. The molecule has 0 bridgehead atoms. The Hall–Kier alpha value is -0.910. The first-order valence-electron chi connectivity index (χ1n) is 4.72. The van der Waals surface area contributed by atoms with Crippen LogP contribution in [0.25, 0.3) is 0 Å². The van der Waals surface area contributed by atoms with Crippen molar-refractivity contribution in [3.8, 4) is 0 Å². The van der Waals surface area contributed by atoms with Crippen molar-refractivity contribution in [1.29, 1.82) is 0 Å². The molecule has 0 spiro atoms. The Morgan fingerprint density at radius 3 is 2.60 bits per heavy atom. The number of hydrogen-bond donors (Lipinski definition) is 0. The fraction of sp³-hybridized carbons (Fsp3) is 0.700. The van der Waals surface area contributed by atoms with E-state index in [9.17, 15) is 4.79 Å². The molecule has 88 valence electrons. The van der Waals surface area contributed by atoms with Crippen LogP contribution in [-0.2, 0) is 23.7 Å². The maximum atomic E-state index is 10.6. The maximum absolute atomic E-state index is 10.6. The van der Waals surface area contributed by atoms with E-state index >= 15 is 0 Å². The second-order valence-corrected chi connectivity index (χ2v) is 2.66. The number of esters is 1. The van der Waals surface area contributed by atoms with Crippen LogP contribution in [-0.4, -0.2) is 45.8 Å². The molecule has 0 N–H and O–H groups in total. The summed E-state index contributed by atoms with van der Waals surface area (Å²) in [5.41, 5.74) is 0. The molecular formula is C10H18O5. The molecule has 0 aromatic rings. The lowest BCUT2D eigenvalue weighted by molar-refractivity contribution is -0.140. The highest BCUT2D eigenvalue weighted by atomic mass is 16.7. The Labute approximate surface area is 89.9 Å². The van der Waals surface area contributed by atoms with Crippen molar-refractivity contribution in [3.05, 3.63) is 12.7 Å².